The van der Waals surface area contributed by atoms with Crippen LogP contribution in [-0.2, 0) is 10.9 Å². The number of methoxy groups -OCH3 is 1. The Morgan fingerprint density at radius 3 is 2.57 bits per heavy atom. The number of carbonyl (C=O) groups is 1. The molecule has 1 aliphatic heterocycles. The molecule has 0 spiro atoms. The summed E-state index contributed by atoms with van der Waals surface area (Å²) < 4.78 is 44.0. The van der Waals surface area contributed by atoms with Gasteiger partial charge in [0.25, 0.3) is 11.6 Å². The van der Waals surface area contributed by atoms with E-state index in [0.29, 0.717) is 38.9 Å². The SMILES string of the molecule is COCCN1CCN(C(=O)c2nc3cc(C(F)(F)F)cc([N+](=O)[O-])c3s2)CC1. The van der Waals surface area contributed by atoms with Gasteiger partial charge >= 0.3 is 6.18 Å². The van der Waals surface area contributed by atoms with Crippen molar-refractivity contribution in [2.24, 2.45) is 0 Å². The fourth-order valence-electron chi connectivity index (χ4n) is 2.94. The number of halogens is 3. The number of carbonyl (C=O) groups excluding carboxylic acids is 1. The van der Waals surface area contributed by atoms with Crippen LogP contribution in [0.5, 0.6) is 0 Å². The lowest BCUT2D eigenvalue weighted by atomic mass is 10.2. The van der Waals surface area contributed by atoms with Crippen molar-refractivity contribution in [3.63, 3.8) is 0 Å². The molecular weight excluding hydrogens is 401 g/mol. The molecule has 0 atom stereocenters. The third-order valence-corrected chi connectivity index (χ3v) is 5.53. The van der Waals surface area contributed by atoms with Crippen molar-refractivity contribution in [3.8, 4) is 0 Å². The first-order valence-electron chi connectivity index (χ1n) is 8.37. The van der Waals surface area contributed by atoms with Crippen LogP contribution in [0.3, 0.4) is 0 Å². The third-order valence-electron chi connectivity index (χ3n) is 4.45. The number of benzene rings is 1. The maximum absolute atomic E-state index is 13.0. The van der Waals surface area contributed by atoms with E-state index in [0.717, 1.165) is 23.9 Å². The highest BCUT2D eigenvalue weighted by atomic mass is 32.1. The zero-order valence-corrected chi connectivity index (χ0v) is 15.7. The number of hydrogen-bond acceptors (Lipinski definition) is 7. The maximum Gasteiger partial charge on any atom is 0.416 e. The van der Waals surface area contributed by atoms with Gasteiger partial charge in [-0.25, -0.2) is 4.98 Å². The normalized spacial score (nSPS) is 15.9. The van der Waals surface area contributed by atoms with E-state index in [4.69, 9.17) is 4.74 Å². The summed E-state index contributed by atoms with van der Waals surface area (Å²) >= 11 is 0.743. The molecule has 12 heteroatoms. The summed E-state index contributed by atoms with van der Waals surface area (Å²) in [6, 6.07) is 1.21. The minimum Gasteiger partial charge on any atom is -0.383 e. The Kier molecular flexibility index (Phi) is 5.82. The molecule has 1 fully saturated rings. The minimum absolute atomic E-state index is 0.0416. The van der Waals surface area contributed by atoms with Gasteiger partial charge in [-0.3, -0.25) is 19.8 Å². The van der Waals surface area contributed by atoms with E-state index in [2.05, 4.69) is 9.88 Å². The number of nitrogens with zero attached hydrogens (tertiary/aromatic N) is 4. The highest BCUT2D eigenvalue weighted by molar-refractivity contribution is 7.20. The summed E-state index contributed by atoms with van der Waals surface area (Å²) in [4.78, 5) is 30.7. The number of alkyl halides is 3. The zero-order valence-electron chi connectivity index (χ0n) is 14.9. The monoisotopic (exact) mass is 418 g/mol. The number of nitro benzene ring substituents is 1. The summed E-state index contributed by atoms with van der Waals surface area (Å²) in [5.41, 5.74) is -2.07. The fourth-order valence-corrected chi connectivity index (χ4v) is 3.94. The predicted molar refractivity (Wildman–Crippen MR) is 95.5 cm³/mol. The molecule has 0 unspecified atom stereocenters. The molecule has 1 aliphatic rings. The molecule has 1 aromatic heterocycles. The molecule has 8 nitrogen and oxygen atoms in total. The molecule has 1 amide bonds. The minimum atomic E-state index is -4.74. The van der Waals surface area contributed by atoms with Crippen LogP contribution < -0.4 is 0 Å². The van der Waals surface area contributed by atoms with E-state index in [1.807, 2.05) is 0 Å². The van der Waals surface area contributed by atoms with Gasteiger partial charge in [0.15, 0.2) is 5.01 Å². The number of ether oxygens (including phenoxy) is 1. The highest BCUT2D eigenvalue weighted by Gasteiger charge is 2.35. The van der Waals surface area contributed by atoms with Crippen LogP contribution >= 0.6 is 11.3 Å². The molecule has 0 saturated carbocycles. The number of piperazine rings is 1. The number of aromatic nitrogens is 1. The van der Waals surface area contributed by atoms with Crippen LogP contribution in [-0.4, -0.2) is 72.1 Å². The van der Waals surface area contributed by atoms with Crippen LogP contribution in [0.4, 0.5) is 18.9 Å². The number of amides is 1. The van der Waals surface area contributed by atoms with Crippen molar-refractivity contribution in [3.05, 3.63) is 32.8 Å². The Morgan fingerprint density at radius 1 is 1.32 bits per heavy atom. The summed E-state index contributed by atoms with van der Waals surface area (Å²) in [5.74, 6) is -0.435. The second-order valence-corrected chi connectivity index (χ2v) is 7.24. The van der Waals surface area contributed by atoms with Crippen LogP contribution in [0, 0.1) is 10.1 Å². The number of fused-ring (bicyclic) bond motifs is 1. The number of nitro groups is 1. The predicted octanol–water partition coefficient (Wildman–Crippen LogP) is 2.63. The Morgan fingerprint density at radius 2 is 2.00 bits per heavy atom. The second kappa shape index (κ2) is 7.97. The third kappa shape index (κ3) is 4.23. The molecule has 0 aliphatic carbocycles. The quantitative estimate of drug-likeness (QED) is 0.548. The van der Waals surface area contributed by atoms with Crippen molar-refractivity contribution < 1.29 is 27.6 Å². The van der Waals surface area contributed by atoms with E-state index < -0.39 is 28.3 Å². The average molecular weight is 418 g/mol. The first-order chi connectivity index (χ1) is 13.2. The second-order valence-electron chi connectivity index (χ2n) is 6.24. The Bertz CT molecular complexity index is 894. The topological polar surface area (TPSA) is 88.8 Å². The van der Waals surface area contributed by atoms with Crippen molar-refractivity contribution in [2.45, 2.75) is 6.18 Å². The van der Waals surface area contributed by atoms with Crippen LogP contribution in [0.25, 0.3) is 10.2 Å². The number of rotatable bonds is 5. The Labute approximate surface area is 161 Å². The molecule has 0 bridgehead atoms. The van der Waals surface area contributed by atoms with Gasteiger partial charge in [0.05, 0.1) is 22.6 Å². The molecule has 1 saturated heterocycles. The molecule has 1 aromatic carbocycles. The number of thiazole rings is 1. The van der Waals surface area contributed by atoms with E-state index in [9.17, 15) is 28.1 Å². The van der Waals surface area contributed by atoms with Gasteiger partial charge < -0.3 is 9.64 Å². The van der Waals surface area contributed by atoms with Gasteiger partial charge in [0.1, 0.15) is 4.70 Å². The van der Waals surface area contributed by atoms with Gasteiger partial charge in [-0.05, 0) is 6.07 Å². The molecule has 2 heterocycles. The fraction of sp³-hybridized carbons (Fsp3) is 0.500. The molecule has 0 radical (unpaired) electrons. The molecule has 152 valence electrons. The van der Waals surface area contributed by atoms with Crippen LogP contribution in [0.1, 0.15) is 15.4 Å². The summed E-state index contributed by atoms with van der Waals surface area (Å²) in [6.45, 7) is 3.47. The van der Waals surface area contributed by atoms with Gasteiger partial charge in [-0.15, -0.1) is 11.3 Å². The highest BCUT2D eigenvalue weighted by Crippen LogP contribution is 2.38. The summed E-state index contributed by atoms with van der Waals surface area (Å²) in [7, 11) is 1.61. The van der Waals surface area contributed by atoms with Crippen molar-refractivity contribution >= 4 is 33.1 Å². The van der Waals surface area contributed by atoms with Crippen molar-refractivity contribution in [2.75, 3.05) is 46.4 Å². The van der Waals surface area contributed by atoms with Crippen LogP contribution in [0.15, 0.2) is 12.1 Å². The molecule has 28 heavy (non-hydrogen) atoms. The van der Waals surface area contributed by atoms with E-state index in [1.54, 1.807) is 12.0 Å². The van der Waals surface area contributed by atoms with Gasteiger partial charge in [0, 0.05) is 45.9 Å². The van der Waals surface area contributed by atoms with E-state index in [1.165, 1.54) is 0 Å². The van der Waals surface area contributed by atoms with Gasteiger partial charge in [0.2, 0.25) is 0 Å². The van der Waals surface area contributed by atoms with Gasteiger partial charge in [-0.1, -0.05) is 0 Å². The molecule has 2 aromatic rings. The van der Waals surface area contributed by atoms with Crippen LogP contribution in [0.2, 0.25) is 0 Å². The lowest BCUT2D eigenvalue weighted by Gasteiger charge is -2.34. The number of non-ortho nitro benzene ring substituents is 1. The summed E-state index contributed by atoms with van der Waals surface area (Å²) in [5, 5.41) is 11.2. The first-order valence-corrected chi connectivity index (χ1v) is 9.19. The Hall–Kier alpha value is -2.31. The average Bonchev–Trinajstić information content (AvgIpc) is 3.08. The van der Waals surface area contributed by atoms with Gasteiger partial charge in [-0.2, -0.15) is 13.2 Å². The maximum atomic E-state index is 13.0. The Balaban J connectivity index is 1.85. The standard InChI is InChI=1S/C16H17F3N4O4S/c1-27-7-6-21-2-4-22(5-3-21)15(24)14-20-11-8-10(16(17,18)19)9-12(23(25)26)13(11)28-14/h8-9H,2-7H2,1H3. The lowest BCUT2D eigenvalue weighted by Crippen LogP contribution is -2.49. The lowest BCUT2D eigenvalue weighted by molar-refractivity contribution is -0.383. The van der Waals surface area contributed by atoms with Crippen molar-refractivity contribution in [1.82, 2.24) is 14.8 Å². The van der Waals surface area contributed by atoms with E-state index >= 15 is 0 Å². The molecule has 3 rings (SSSR count). The largest absolute Gasteiger partial charge is 0.416 e. The van der Waals surface area contributed by atoms with Crippen molar-refractivity contribution in [1.29, 1.82) is 0 Å². The first kappa shape index (κ1) is 20.4. The smallest absolute Gasteiger partial charge is 0.383 e. The van der Waals surface area contributed by atoms with E-state index in [-0.39, 0.29) is 15.2 Å². The summed E-state index contributed by atoms with van der Waals surface area (Å²) in [6.07, 6.45) is -4.74. The molecular formula is C16H17F3N4O4S. The molecule has 0 N–H and O–H groups in total. The number of hydrogen-bond donors (Lipinski definition) is 0. The zero-order chi connectivity index (χ0) is 20.5.